The molecular weight excluding hydrogens is 232 g/mol. The van der Waals surface area contributed by atoms with Crippen LogP contribution in [0.3, 0.4) is 0 Å². The number of carbonyl (C=O) groups is 1. The first kappa shape index (κ1) is 12.9. The van der Waals surface area contributed by atoms with Crippen LogP contribution >= 0.6 is 0 Å². The lowest BCUT2D eigenvalue weighted by Gasteiger charge is -2.29. The second-order valence-corrected chi connectivity index (χ2v) is 4.23. The van der Waals surface area contributed by atoms with Crippen LogP contribution < -0.4 is 10.2 Å². The fourth-order valence-corrected chi connectivity index (χ4v) is 2.01. The van der Waals surface area contributed by atoms with E-state index in [4.69, 9.17) is 4.74 Å². The number of rotatable bonds is 5. The number of aliphatic hydroxyl groups is 1. The number of morpholine rings is 1. The number of anilines is 1. The first-order valence-corrected chi connectivity index (χ1v) is 6.09. The summed E-state index contributed by atoms with van der Waals surface area (Å²) in [7, 11) is 0. The van der Waals surface area contributed by atoms with E-state index in [2.05, 4.69) is 10.2 Å². The van der Waals surface area contributed by atoms with Crippen LogP contribution in [0.4, 0.5) is 5.69 Å². The van der Waals surface area contributed by atoms with E-state index >= 15 is 0 Å². The zero-order valence-electron chi connectivity index (χ0n) is 10.2. The zero-order valence-corrected chi connectivity index (χ0v) is 10.2. The van der Waals surface area contributed by atoms with Gasteiger partial charge in [-0.05, 0) is 17.7 Å². The summed E-state index contributed by atoms with van der Waals surface area (Å²) in [6.45, 7) is 3.55. The monoisotopic (exact) mass is 250 g/mol. The Morgan fingerprint density at radius 1 is 1.33 bits per heavy atom. The van der Waals surface area contributed by atoms with Crippen molar-refractivity contribution in [2.75, 3.05) is 37.7 Å². The maximum absolute atomic E-state index is 10.2. The van der Waals surface area contributed by atoms with Gasteiger partial charge in [-0.15, -0.1) is 0 Å². The Kier molecular flexibility index (Phi) is 4.55. The van der Waals surface area contributed by atoms with E-state index in [0.717, 1.165) is 37.6 Å². The number of amides is 1. The minimum Gasteiger partial charge on any atom is -0.387 e. The van der Waals surface area contributed by atoms with Gasteiger partial charge in [-0.3, -0.25) is 4.79 Å². The highest BCUT2D eigenvalue weighted by Crippen LogP contribution is 2.19. The lowest BCUT2D eigenvalue weighted by molar-refractivity contribution is -0.109. The number of benzene rings is 1. The number of aliphatic hydroxyl groups excluding tert-OH is 1. The molecule has 1 aromatic carbocycles. The van der Waals surface area contributed by atoms with Gasteiger partial charge in [0.25, 0.3) is 0 Å². The second-order valence-electron chi connectivity index (χ2n) is 4.23. The molecular formula is C13H18N2O3. The molecule has 1 aromatic rings. The van der Waals surface area contributed by atoms with Crippen molar-refractivity contribution in [2.24, 2.45) is 0 Å². The molecule has 0 aliphatic carbocycles. The van der Waals surface area contributed by atoms with Gasteiger partial charge in [-0.1, -0.05) is 12.1 Å². The van der Waals surface area contributed by atoms with Crippen LogP contribution in [0.25, 0.3) is 0 Å². The molecule has 1 atom stereocenters. The molecule has 1 heterocycles. The van der Waals surface area contributed by atoms with Gasteiger partial charge < -0.3 is 20.1 Å². The molecule has 0 radical (unpaired) electrons. The van der Waals surface area contributed by atoms with Gasteiger partial charge in [0.1, 0.15) is 0 Å². The SMILES string of the molecule is O=CNCC(O)c1ccc(N2CCOCC2)cc1. The molecule has 1 unspecified atom stereocenters. The predicted molar refractivity (Wildman–Crippen MR) is 68.5 cm³/mol. The molecule has 98 valence electrons. The highest BCUT2D eigenvalue weighted by Gasteiger charge is 2.12. The van der Waals surface area contributed by atoms with E-state index in [9.17, 15) is 9.90 Å². The molecule has 0 saturated carbocycles. The molecule has 0 spiro atoms. The third-order valence-electron chi connectivity index (χ3n) is 3.05. The van der Waals surface area contributed by atoms with Crippen LogP contribution in [-0.2, 0) is 9.53 Å². The summed E-state index contributed by atoms with van der Waals surface area (Å²) < 4.78 is 5.30. The van der Waals surface area contributed by atoms with Crippen molar-refractivity contribution >= 4 is 12.1 Å². The molecule has 1 saturated heterocycles. The minimum atomic E-state index is -0.658. The molecule has 1 aliphatic rings. The largest absolute Gasteiger partial charge is 0.387 e. The first-order chi connectivity index (χ1) is 8.81. The van der Waals surface area contributed by atoms with E-state index in [0.29, 0.717) is 6.41 Å². The maximum atomic E-state index is 10.2. The van der Waals surface area contributed by atoms with Gasteiger partial charge in [-0.2, -0.15) is 0 Å². The molecule has 0 aromatic heterocycles. The van der Waals surface area contributed by atoms with Crippen molar-refractivity contribution < 1.29 is 14.6 Å². The van der Waals surface area contributed by atoms with Gasteiger partial charge in [0.15, 0.2) is 0 Å². The summed E-state index contributed by atoms with van der Waals surface area (Å²) in [6.07, 6.45) is -0.0698. The number of carbonyl (C=O) groups excluding carboxylic acids is 1. The molecule has 5 nitrogen and oxygen atoms in total. The van der Waals surface area contributed by atoms with Crippen molar-refractivity contribution in [3.8, 4) is 0 Å². The van der Waals surface area contributed by atoms with E-state index in [1.165, 1.54) is 0 Å². The van der Waals surface area contributed by atoms with E-state index in [1.807, 2.05) is 24.3 Å². The number of nitrogens with zero attached hydrogens (tertiary/aromatic N) is 1. The van der Waals surface area contributed by atoms with Crippen LogP contribution in [0, 0.1) is 0 Å². The molecule has 18 heavy (non-hydrogen) atoms. The van der Waals surface area contributed by atoms with Crippen LogP contribution in [0.15, 0.2) is 24.3 Å². The Balaban J connectivity index is 1.97. The highest BCUT2D eigenvalue weighted by atomic mass is 16.5. The molecule has 0 bridgehead atoms. The second kappa shape index (κ2) is 6.37. The van der Waals surface area contributed by atoms with Gasteiger partial charge in [0.2, 0.25) is 6.41 Å². The molecule has 1 fully saturated rings. The van der Waals surface area contributed by atoms with Crippen molar-refractivity contribution in [1.29, 1.82) is 0 Å². The first-order valence-electron chi connectivity index (χ1n) is 6.09. The maximum Gasteiger partial charge on any atom is 0.207 e. The number of hydrogen-bond acceptors (Lipinski definition) is 4. The van der Waals surface area contributed by atoms with Gasteiger partial charge >= 0.3 is 0 Å². The zero-order chi connectivity index (χ0) is 12.8. The number of ether oxygens (including phenoxy) is 1. The molecule has 1 amide bonds. The van der Waals surface area contributed by atoms with E-state index < -0.39 is 6.10 Å². The summed E-state index contributed by atoms with van der Waals surface area (Å²) in [5.41, 5.74) is 1.94. The van der Waals surface area contributed by atoms with Crippen molar-refractivity contribution in [3.63, 3.8) is 0 Å². The Labute approximate surface area is 106 Å². The third-order valence-corrected chi connectivity index (χ3v) is 3.05. The summed E-state index contributed by atoms with van der Waals surface area (Å²) in [5.74, 6) is 0. The molecule has 5 heteroatoms. The quantitative estimate of drug-likeness (QED) is 0.738. The Bertz CT molecular complexity index is 374. The summed E-state index contributed by atoms with van der Waals surface area (Å²) in [6, 6.07) is 7.76. The van der Waals surface area contributed by atoms with Gasteiger partial charge in [0.05, 0.1) is 19.3 Å². The Morgan fingerprint density at radius 3 is 2.61 bits per heavy atom. The standard InChI is InChI=1S/C13H18N2O3/c16-10-14-9-13(17)11-1-3-12(4-2-11)15-5-7-18-8-6-15/h1-4,10,13,17H,5-9H2,(H,14,16). The average molecular weight is 250 g/mol. The number of nitrogens with one attached hydrogen (secondary N) is 1. The van der Waals surface area contributed by atoms with Crippen molar-refractivity contribution in [3.05, 3.63) is 29.8 Å². The normalized spacial score (nSPS) is 17.3. The molecule has 2 N–H and O–H groups in total. The van der Waals surface area contributed by atoms with Gasteiger partial charge in [0, 0.05) is 25.3 Å². The minimum absolute atomic E-state index is 0.237. The topological polar surface area (TPSA) is 61.8 Å². The summed E-state index contributed by atoms with van der Waals surface area (Å²) >= 11 is 0. The van der Waals surface area contributed by atoms with Crippen LogP contribution in [0.1, 0.15) is 11.7 Å². The average Bonchev–Trinajstić information content (AvgIpc) is 2.46. The van der Waals surface area contributed by atoms with Crippen molar-refractivity contribution in [2.45, 2.75) is 6.10 Å². The van der Waals surface area contributed by atoms with Gasteiger partial charge in [-0.25, -0.2) is 0 Å². The summed E-state index contributed by atoms with van der Waals surface area (Å²) in [4.78, 5) is 12.4. The molecule has 1 aliphatic heterocycles. The van der Waals surface area contributed by atoms with Crippen LogP contribution in [0.2, 0.25) is 0 Å². The van der Waals surface area contributed by atoms with E-state index in [-0.39, 0.29) is 6.54 Å². The van der Waals surface area contributed by atoms with Crippen LogP contribution in [-0.4, -0.2) is 44.4 Å². The van der Waals surface area contributed by atoms with Crippen LogP contribution in [0.5, 0.6) is 0 Å². The van der Waals surface area contributed by atoms with E-state index in [1.54, 1.807) is 0 Å². The fourth-order valence-electron chi connectivity index (χ4n) is 2.01. The smallest absolute Gasteiger partial charge is 0.207 e. The third kappa shape index (κ3) is 3.21. The van der Waals surface area contributed by atoms with Crippen molar-refractivity contribution in [1.82, 2.24) is 5.32 Å². The number of hydrogen-bond donors (Lipinski definition) is 2. The highest BCUT2D eigenvalue weighted by molar-refractivity contribution is 5.49. The Morgan fingerprint density at radius 2 is 2.00 bits per heavy atom. The summed E-state index contributed by atoms with van der Waals surface area (Å²) in [5, 5.41) is 12.3. The predicted octanol–water partition coefficient (Wildman–Crippen LogP) is 0.303. The Hall–Kier alpha value is -1.59. The lowest BCUT2D eigenvalue weighted by Crippen LogP contribution is -2.36. The fraction of sp³-hybridized carbons (Fsp3) is 0.462. The molecule has 2 rings (SSSR count). The lowest BCUT2D eigenvalue weighted by atomic mass is 10.1.